The van der Waals surface area contributed by atoms with Gasteiger partial charge in [0.15, 0.2) is 0 Å². The zero-order chi connectivity index (χ0) is 8.39. The fourth-order valence-corrected chi connectivity index (χ4v) is 2.01. The van der Waals surface area contributed by atoms with Gasteiger partial charge in [-0.1, -0.05) is 12.1 Å². The predicted octanol–water partition coefficient (Wildman–Crippen LogP) is 1.77. The normalized spacial score (nSPS) is 16.1. The van der Waals surface area contributed by atoms with Gasteiger partial charge in [0.2, 0.25) is 0 Å². The molecule has 1 heterocycles. The number of nitrogens with one attached hydrogen (secondary N) is 1. The Kier molecular flexibility index (Phi) is 2.51. The van der Waals surface area contributed by atoms with E-state index in [0.717, 1.165) is 25.4 Å². The van der Waals surface area contributed by atoms with Crippen molar-refractivity contribution in [2.24, 2.45) is 0 Å². The molecule has 0 saturated heterocycles. The van der Waals surface area contributed by atoms with Crippen LogP contribution in [0.15, 0.2) is 18.2 Å². The first-order valence-corrected chi connectivity index (χ1v) is 5.07. The predicted molar refractivity (Wildman–Crippen MR) is 56.4 cm³/mol. The maximum Gasteiger partial charge on any atom is 0.137 e. The van der Waals surface area contributed by atoms with Crippen molar-refractivity contribution in [1.29, 1.82) is 0 Å². The van der Waals surface area contributed by atoms with Crippen LogP contribution >= 0.6 is 22.6 Å². The Bertz CT molecular complexity index is 288. The van der Waals surface area contributed by atoms with Crippen molar-refractivity contribution < 1.29 is 4.74 Å². The molecule has 1 aliphatic heterocycles. The van der Waals surface area contributed by atoms with E-state index in [9.17, 15) is 0 Å². The monoisotopic (exact) mass is 275 g/mol. The Morgan fingerprint density at radius 3 is 3.25 bits per heavy atom. The van der Waals surface area contributed by atoms with Gasteiger partial charge in [0.25, 0.3) is 0 Å². The number of benzene rings is 1. The summed E-state index contributed by atoms with van der Waals surface area (Å²) >= 11 is 2.31. The van der Waals surface area contributed by atoms with E-state index >= 15 is 0 Å². The molecule has 0 saturated carbocycles. The van der Waals surface area contributed by atoms with Crippen molar-refractivity contribution in [2.75, 3.05) is 13.2 Å². The molecule has 0 atom stereocenters. The van der Waals surface area contributed by atoms with Gasteiger partial charge in [0, 0.05) is 18.7 Å². The lowest BCUT2D eigenvalue weighted by molar-refractivity contribution is 0.323. The van der Waals surface area contributed by atoms with Crippen LogP contribution in [0.5, 0.6) is 5.75 Å². The van der Waals surface area contributed by atoms with Gasteiger partial charge in [-0.2, -0.15) is 0 Å². The molecular weight excluding hydrogens is 265 g/mol. The highest BCUT2D eigenvalue weighted by atomic mass is 127. The molecule has 1 aromatic rings. The summed E-state index contributed by atoms with van der Waals surface area (Å²) in [6.45, 7) is 2.63. The largest absolute Gasteiger partial charge is 0.491 e. The lowest BCUT2D eigenvalue weighted by Crippen LogP contribution is -2.16. The highest BCUT2D eigenvalue weighted by Gasteiger charge is 2.10. The van der Waals surface area contributed by atoms with Crippen molar-refractivity contribution in [1.82, 2.24) is 5.32 Å². The van der Waals surface area contributed by atoms with Gasteiger partial charge in [0.05, 0.1) is 3.57 Å². The molecule has 2 nitrogen and oxygen atoms in total. The average Bonchev–Trinajstić information content (AvgIpc) is 2.30. The molecule has 0 amide bonds. The fraction of sp³-hybridized carbons (Fsp3) is 0.333. The first kappa shape index (κ1) is 8.31. The first-order valence-electron chi connectivity index (χ1n) is 3.99. The van der Waals surface area contributed by atoms with Crippen LogP contribution in [-0.2, 0) is 6.54 Å². The number of halogens is 1. The van der Waals surface area contributed by atoms with Crippen LogP contribution in [0.25, 0.3) is 0 Å². The van der Waals surface area contributed by atoms with E-state index in [2.05, 4.69) is 46.1 Å². The molecule has 0 radical (unpaired) electrons. The summed E-state index contributed by atoms with van der Waals surface area (Å²) in [5, 5.41) is 3.30. The molecule has 12 heavy (non-hydrogen) atoms. The van der Waals surface area contributed by atoms with Gasteiger partial charge in [0.1, 0.15) is 12.4 Å². The lowest BCUT2D eigenvalue weighted by atomic mass is 10.2. The third-order valence-electron chi connectivity index (χ3n) is 1.89. The Hall–Kier alpha value is -0.290. The van der Waals surface area contributed by atoms with E-state index in [1.807, 2.05) is 0 Å². The van der Waals surface area contributed by atoms with Gasteiger partial charge in [-0.15, -0.1) is 0 Å². The lowest BCUT2D eigenvalue weighted by Gasteiger charge is -2.07. The van der Waals surface area contributed by atoms with Crippen molar-refractivity contribution in [3.8, 4) is 5.75 Å². The molecule has 0 spiro atoms. The zero-order valence-electron chi connectivity index (χ0n) is 6.64. The third-order valence-corrected chi connectivity index (χ3v) is 2.74. The summed E-state index contributed by atoms with van der Waals surface area (Å²) < 4.78 is 6.81. The molecule has 0 fully saturated rings. The van der Waals surface area contributed by atoms with Crippen molar-refractivity contribution in [3.05, 3.63) is 27.3 Å². The second-order valence-electron chi connectivity index (χ2n) is 2.75. The number of hydrogen-bond acceptors (Lipinski definition) is 2. The van der Waals surface area contributed by atoms with Crippen molar-refractivity contribution in [2.45, 2.75) is 6.54 Å². The summed E-state index contributed by atoms with van der Waals surface area (Å²) in [6, 6.07) is 6.25. The van der Waals surface area contributed by atoms with E-state index in [4.69, 9.17) is 4.74 Å². The topological polar surface area (TPSA) is 21.3 Å². The van der Waals surface area contributed by atoms with Crippen LogP contribution in [-0.4, -0.2) is 13.2 Å². The first-order chi connectivity index (χ1) is 5.88. The molecule has 0 aromatic heterocycles. The van der Waals surface area contributed by atoms with Gasteiger partial charge in [-0.3, -0.25) is 0 Å². The summed E-state index contributed by atoms with van der Waals surface area (Å²) in [7, 11) is 0. The Balaban J connectivity index is 2.42. The third kappa shape index (κ3) is 1.56. The van der Waals surface area contributed by atoms with Crippen LogP contribution in [0.4, 0.5) is 0 Å². The minimum Gasteiger partial charge on any atom is -0.491 e. The Morgan fingerprint density at radius 2 is 2.33 bits per heavy atom. The van der Waals surface area contributed by atoms with Gasteiger partial charge >= 0.3 is 0 Å². The standard InChI is InChI=1S/C9H10INO/c10-8-3-1-2-7-6-11-4-5-12-9(7)8/h1-3,11H,4-6H2. The molecule has 0 aliphatic carbocycles. The number of rotatable bonds is 0. The molecule has 64 valence electrons. The smallest absolute Gasteiger partial charge is 0.137 e. The number of para-hydroxylation sites is 1. The molecule has 3 heteroatoms. The minimum atomic E-state index is 0.771. The second-order valence-corrected chi connectivity index (χ2v) is 3.92. The Labute approximate surface area is 85.4 Å². The van der Waals surface area contributed by atoms with E-state index in [0.29, 0.717) is 0 Å². The average molecular weight is 275 g/mol. The van der Waals surface area contributed by atoms with E-state index in [1.54, 1.807) is 0 Å². The summed E-state index contributed by atoms with van der Waals surface area (Å²) in [5.41, 5.74) is 1.26. The molecule has 0 bridgehead atoms. The summed E-state index contributed by atoms with van der Waals surface area (Å²) in [4.78, 5) is 0. The van der Waals surface area contributed by atoms with E-state index in [-0.39, 0.29) is 0 Å². The van der Waals surface area contributed by atoms with Crippen molar-refractivity contribution >= 4 is 22.6 Å². The van der Waals surface area contributed by atoms with E-state index < -0.39 is 0 Å². The van der Waals surface area contributed by atoms with E-state index in [1.165, 1.54) is 9.13 Å². The molecule has 1 aliphatic rings. The van der Waals surface area contributed by atoms with Crippen LogP contribution in [0.1, 0.15) is 5.56 Å². The highest BCUT2D eigenvalue weighted by molar-refractivity contribution is 14.1. The van der Waals surface area contributed by atoms with Crippen LogP contribution in [0.2, 0.25) is 0 Å². The van der Waals surface area contributed by atoms with Crippen LogP contribution in [0.3, 0.4) is 0 Å². The van der Waals surface area contributed by atoms with Gasteiger partial charge in [-0.05, 0) is 28.7 Å². The number of hydrogen-bond donors (Lipinski definition) is 1. The number of ether oxygens (including phenoxy) is 1. The SMILES string of the molecule is Ic1cccc2c1OCCNC2. The van der Waals surface area contributed by atoms with Crippen molar-refractivity contribution in [3.63, 3.8) is 0 Å². The summed E-state index contributed by atoms with van der Waals surface area (Å²) in [6.07, 6.45) is 0. The fourth-order valence-electron chi connectivity index (χ4n) is 1.30. The quantitative estimate of drug-likeness (QED) is 0.729. The highest BCUT2D eigenvalue weighted by Crippen LogP contribution is 2.26. The minimum absolute atomic E-state index is 0.771. The molecule has 1 N–H and O–H groups in total. The Morgan fingerprint density at radius 1 is 1.42 bits per heavy atom. The maximum atomic E-state index is 5.61. The second kappa shape index (κ2) is 3.62. The summed E-state index contributed by atoms with van der Waals surface area (Å²) in [5.74, 6) is 1.06. The van der Waals surface area contributed by atoms with Crippen LogP contribution < -0.4 is 10.1 Å². The maximum absolute atomic E-state index is 5.61. The van der Waals surface area contributed by atoms with Crippen LogP contribution in [0, 0.1) is 3.57 Å². The van der Waals surface area contributed by atoms with Gasteiger partial charge < -0.3 is 10.1 Å². The molecule has 0 unspecified atom stereocenters. The molecule has 2 rings (SSSR count). The number of fused-ring (bicyclic) bond motifs is 1. The van der Waals surface area contributed by atoms with Gasteiger partial charge in [-0.25, -0.2) is 0 Å². The molecule has 1 aromatic carbocycles. The zero-order valence-corrected chi connectivity index (χ0v) is 8.80. The molecular formula is C9H10INO.